The van der Waals surface area contributed by atoms with Crippen molar-refractivity contribution in [2.75, 3.05) is 13.2 Å². The van der Waals surface area contributed by atoms with E-state index < -0.39 is 6.10 Å². The first kappa shape index (κ1) is 17.0. The van der Waals surface area contributed by atoms with Crippen LogP contribution in [0.15, 0.2) is 48.5 Å². The summed E-state index contributed by atoms with van der Waals surface area (Å²) in [4.78, 5) is 11.9. The number of aryl methyl sites for hydroxylation is 1. The fourth-order valence-corrected chi connectivity index (χ4v) is 2.06. The summed E-state index contributed by atoms with van der Waals surface area (Å²) in [6.07, 6.45) is -0.557. The van der Waals surface area contributed by atoms with Crippen molar-refractivity contribution >= 4 is 5.91 Å². The van der Waals surface area contributed by atoms with Crippen LogP contribution in [0.3, 0.4) is 0 Å². The predicted octanol–water partition coefficient (Wildman–Crippen LogP) is 2.23. The molecule has 2 rings (SSSR count). The van der Waals surface area contributed by atoms with Gasteiger partial charge in [0.05, 0.1) is 6.42 Å². The summed E-state index contributed by atoms with van der Waals surface area (Å²) >= 11 is 0. The Kier molecular flexibility index (Phi) is 6.11. The topological polar surface area (TPSA) is 58.6 Å². The molecule has 0 radical (unpaired) electrons. The SMILES string of the molecule is Cc1ccccc1CC(=O)NCC(O)COc1ccc(F)cc1. The van der Waals surface area contributed by atoms with E-state index in [-0.39, 0.29) is 31.3 Å². The molecule has 0 heterocycles. The van der Waals surface area contributed by atoms with Gasteiger partial charge >= 0.3 is 0 Å². The van der Waals surface area contributed by atoms with Crippen molar-refractivity contribution in [3.63, 3.8) is 0 Å². The van der Waals surface area contributed by atoms with Crippen molar-refractivity contribution in [1.29, 1.82) is 0 Å². The number of rotatable bonds is 7. The fourth-order valence-electron chi connectivity index (χ4n) is 2.06. The first-order valence-corrected chi connectivity index (χ1v) is 7.42. The van der Waals surface area contributed by atoms with Gasteiger partial charge in [0.2, 0.25) is 5.91 Å². The lowest BCUT2D eigenvalue weighted by molar-refractivity contribution is -0.121. The third-order valence-electron chi connectivity index (χ3n) is 3.40. The number of nitrogens with one attached hydrogen (secondary N) is 1. The number of carbonyl (C=O) groups excluding carboxylic acids is 1. The van der Waals surface area contributed by atoms with E-state index in [9.17, 15) is 14.3 Å². The van der Waals surface area contributed by atoms with Gasteiger partial charge in [-0.3, -0.25) is 4.79 Å². The number of hydrogen-bond acceptors (Lipinski definition) is 3. The highest BCUT2D eigenvalue weighted by Crippen LogP contribution is 2.11. The maximum atomic E-state index is 12.8. The number of benzene rings is 2. The summed E-state index contributed by atoms with van der Waals surface area (Å²) in [6, 6.07) is 13.2. The van der Waals surface area contributed by atoms with E-state index in [4.69, 9.17) is 4.74 Å². The van der Waals surface area contributed by atoms with Gasteiger partial charge in [-0.15, -0.1) is 0 Å². The van der Waals surface area contributed by atoms with Gasteiger partial charge in [-0.2, -0.15) is 0 Å². The van der Waals surface area contributed by atoms with Crippen LogP contribution in [0.2, 0.25) is 0 Å². The number of halogens is 1. The normalized spacial score (nSPS) is 11.8. The third kappa shape index (κ3) is 5.71. The summed E-state index contributed by atoms with van der Waals surface area (Å²) < 4.78 is 18.1. The molecule has 0 aliphatic carbocycles. The van der Waals surface area contributed by atoms with Crippen LogP contribution in [-0.4, -0.2) is 30.3 Å². The molecule has 2 aromatic rings. The molecule has 1 amide bonds. The average Bonchev–Trinajstić information content (AvgIpc) is 2.54. The molecule has 0 saturated heterocycles. The highest BCUT2D eigenvalue weighted by Gasteiger charge is 2.09. The average molecular weight is 317 g/mol. The molecule has 0 aliphatic rings. The molecule has 2 aromatic carbocycles. The van der Waals surface area contributed by atoms with E-state index in [0.29, 0.717) is 5.75 Å². The minimum Gasteiger partial charge on any atom is -0.491 e. The number of hydrogen-bond donors (Lipinski definition) is 2. The van der Waals surface area contributed by atoms with E-state index in [1.54, 1.807) is 0 Å². The Balaban J connectivity index is 1.71. The molecule has 0 spiro atoms. The van der Waals surface area contributed by atoms with E-state index in [1.807, 2.05) is 31.2 Å². The van der Waals surface area contributed by atoms with Gasteiger partial charge in [-0.25, -0.2) is 4.39 Å². The van der Waals surface area contributed by atoms with Crippen molar-refractivity contribution < 1.29 is 19.0 Å². The second kappa shape index (κ2) is 8.29. The Morgan fingerprint density at radius 1 is 1.22 bits per heavy atom. The summed E-state index contributed by atoms with van der Waals surface area (Å²) in [5.74, 6) is -0.0295. The second-order valence-electron chi connectivity index (χ2n) is 5.33. The lowest BCUT2D eigenvalue weighted by Gasteiger charge is -2.13. The van der Waals surface area contributed by atoms with Crippen molar-refractivity contribution in [1.82, 2.24) is 5.32 Å². The van der Waals surface area contributed by atoms with Crippen LogP contribution < -0.4 is 10.1 Å². The largest absolute Gasteiger partial charge is 0.491 e. The predicted molar refractivity (Wildman–Crippen MR) is 85.8 cm³/mol. The molecule has 1 unspecified atom stereocenters. The Labute approximate surface area is 134 Å². The van der Waals surface area contributed by atoms with Crippen molar-refractivity contribution in [3.05, 3.63) is 65.5 Å². The minimum absolute atomic E-state index is 0.0241. The summed E-state index contributed by atoms with van der Waals surface area (Å²) in [7, 11) is 0. The first-order valence-electron chi connectivity index (χ1n) is 7.42. The molecular weight excluding hydrogens is 297 g/mol. The lowest BCUT2D eigenvalue weighted by Crippen LogP contribution is -2.36. The van der Waals surface area contributed by atoms with Gasteiger partial charge in [0.25, 0.3) is 0 Å². The zero-order chi connectivity index (χ0) is 16.7. The molecule has 4 nitrogen and oxygen atoms in total. The molecule has 23 heavy (non-hydrogen) atoms. The zero-order valence-electron chi connectivity index (χ0n) is 13.0. The molecule has 2 N–H and O–H groups in total. The Bertz CT molecular complexity index is 643. The monoisotopic (exact) mass is 317 g/mol. The van der Waals surface area contributed by atoms with Crippen LogP contribution in [0.4, 0.5) is 4.39 Å². The standard InChI is InChI=1S/C18H20FNO3/c1-13-4-2-3-5-14(13)10-18(22)20-11-16(21)12-23-17-8-6-15(19)7-9-17/h2-9,16,21H,10-12H2,1H3,(H,20,22). The molecule has 0 fully saturated rings. The van der Waals surface area contributed by atoms with Gasteiger partial charge in [0.1, 0.15) is 24.3 Å². The number of ether oxygens (including phenoxy) is 1. The van der Waals surface area contributed by atoms with Crippen LogP contribution in [-0.2, 0) is 11.2 Å². The van der Waals surface area contributed by atoms with Crippen molar-refractivity contribution in [2.24, 2.45) is 0 Å². The Morgan fingerprint density at radius 3 is 2.61 bits per heavy atom. The molecule has 0 aromatic heterocycles. The van der Waals surface area contributed by atoms with Crippen molar-refractivity contribution in [3.8, 4) is 5.75 Å². The molecule has 5 heteroatoms. The molecule has 122 valence electrons. The molecule has 0 aliphatic heterocycles. The van der Waals surface area contributed by atoms with Crippen LogP contribution in [0, 0.1) is 12.7 Å². The number of aliphatic hydroxyl groups excluding tert-OH is 1. The highest BCUT2D eigenvalue weighted by atomic mass is 19.1. The van der Waals surface area contributed by atoms with Gasteiger partial charge in [0.15, 0.2) is 0 Å². The quantitative estimate of drug-likeness (QED) is 0.823. The smallest absolute Gasteiger partial charge is 0.224 e. The summed E-state index contributed by atoms with van der Waals surface area (Å²) in [6.45, 7) is 2.08. The molecular formula is C18H20FNO3. The Hall–Kier alpha value is -2.40. The van der Waals surface area contributed by atoms with Gasteiger partial charge < -0.3 is 15.2 Å². The Morgan fingerprint density at radius 2 is 1.91 bits per heavy atom. The van der Waals surface area contributed by atoms with Gasteiger partial charge in [0, 0.05) is 6.54 Å². The number of amides is 1. The van der Waals surface area contributed by atoms with Gasteiger partial charge in [-0.05, 0) is 42.3 Å². The molecule has 0 bridgehead atoms. The van der Waals surface area contributed by atoms with E-state index >= 15 is 0 Å². The third-order valence-corrected chi connectivity index (χ3v) is 3.40. The van der Waals surface area contributed by atoms with Crippen LogP contribution in [0.5, 0.6) is 5.75 Å². The van der Waals surface area contributed by atoms with E-state index in [0.717, 1.165) is 11.1 Å². The minimum atomic E-state index is -0.833. The lowest BCUT2D eigenvalue weighted by atomic mass is 10.1. The molecule has 0 saturated carbocycles. The maximum Gasteiger partial charge on any atom is 0.224 e. The van der Waals surface area contributed by atoms with E-state index in [1.165, 1.54) is 24.3 Å². The highest BCUT2D eigenvalue weighted by molar-refractivity contribution is 5.78. The van der Waals surface area contributed by atoms with Crippen LogP contribution >= 0.6 is 0 Å². The second-order valence-corrected chi connectivity index (χ2v) is 5.33. The van der Waals surface area contributed by atoms with Crippen molar-refractivity contribution in [2.45, 2.75) is 19.4 Å². The maximum absolute atomic E-state index is 12.8. The summed E-state index contributed by atoms with van der Waals surface area (Å²) in [5, 5.41) is 12.5. The van der Waals surface area contributed by atoms with Crippen LogP contribution in [0.25, 0.3) is 0 Å². The van der Waals surface area contributed by atoms with Gasteiger partial charge in [-0.1, -0.05) is 24.3 Å². The van der Waals surface area contributed by atoms with E-state index in [2.05, 4.69) is 5.32 Å². The summed E-state index contributed by atoms with van der Waals surface area (Å²) in [5.41, 5.74) is 2.02. The first-order chi connectivity index (χ1) is 11.0. The molecule has 1 atom stereocenters. The van der Waals surface area contributed by atoms with Crippen LogP contribution in [0.1, 0.15) is 11.1 Å². The number of carbonyl (C=O) groups is 1. The zero-order valence-corrected chi connectivity index (χ0v) is 13.0. The number of aliphatic hydroxyl groups is 1. The fraction of sp³-hybridized carbons (Fsp3) is 0.278.